The molecule has 0 heterocycles. The molecule has 4 nitrogen and oxygen atoms in total. The lowest BCUT2D eigenvalue weighted by atomic mass is 9.93. The maximum atomic E-state index is 11.9. The molecule has 2 aromatic rings. The summed E-state index contributed by atoms with van der Waals surface area (Å²) in [5, 5.41) is 9.48. The number of rotatable bonds is 5. The van der Waals surface area contributed by atoms with Crippen LogP contribution in [0.1, 0.15) is 48.7 Å². The van der Waals surface area contributed by atoms with Gasteiger partial charge in [-0.1, -0.05) is 36.4 Å². The van der Waals surface area contributed by atoms with Crippen LogP contribution in [0.25, 0.3) is 11.1 Å². The minimum absolute atomic E-state index is 0.257. The fraction of sp³-hybridized carbons (Fsp3) is 0.333. The van der Waals surface area contributed by atoms with Crippen LogP contribution in [-0.2, 0) is 16.0 Å². The van der Waals surface area contributed by atoms with E-state index in [4.69, 9.17) is 4.74 Å². The molecule has 4 heteroatoms. The second kappa shape index (κ2) is 7.51. The van der Waals surface area contributed by atoms with Crippen molar-refractivity contribution in [2.75, 3.05) is 0 Å². The van der Waals surface area contributed by atoms with Crippen molar-refractivity contribution in [3.8, 4) is 11.1 Å². The van der Waals surface area contributed by atoms with Crippen LogP contribution in [-0.4, -0.2) is 22.6 Å². The molecule has 0 aliphatic heterocycles. The number of carboxylic acids is 1. The van der Waals surface area contributed by atoms with Gasteiger partial charge in [0.05, 0.1) is 5.56 Å². The average Bonchev–Trinajstić information content (AvgIpc) is 2.51. The van der Waals surface area contributed by atoms with Gasteiger partial charge in [-0.2, -0.15) is 0 Å². The van der Waals surface area contributed by atoms with Crippen molar-refractivity contribution < 1.29 is 19.4 Å². The van der Waals surface area contributed by atoms with E-state index in [-0.39, 0.29) is 18.0 Å². The molecule has 0 spiro atoms. The van der Waals surface area contributed by atoms with Crippen molar-refractivity contribution in [3.05, 3.63) is 59.2 Å². The van der Waals surface area contributed by atoms with Crippen molar-refractivity contribution in [2.45, 2.75) is 46.1 Å². The van der Waals surface area contributed by atoms with Gasteiger partial charge in [-0.25, -0.2) is 4.79 Å². The van der Waals surface area contributed by atoms with Crippen molar-refractivity contribution in [1.82, 2.24) is 0 Å². The number of benzene rings is 2. The Morgan fingerprint density at radius 1 is 1.04 bits per heavy atom. The Bertz CT molecular complexity index is 785. The summed E-state index contributed by atoms with van der Waals surface area (Å²) in [4.78, 5) is 23.5. The Kier molecular flexibility index (Phi) is 5.62. The fourth-order valence-electron chi connectivity index (χ4n) is 2.67. The molecule has 132 valence electrons. The molecule has 25 heavy (non-hydrogen) atoms. The highest BCUT2D eigenvalue weighted by Crippen LogP contribution is 2.28. The van der Waals surface area contributed by atoms with Gasteiger partial charge in [-0.3, -0.25) is 4.79 Å². The third-order valence-electron chi connectivity index (χ3n) is 3.79. The van der Waals surface area contributed by atoms with Crippen LogP contribution >= 0.6 is 0 Å². The van der Waals surface area contributed by atoms with Gasteiger partial charge in [-0.05, 0) is 62.4 Å². The lowest BCUT2D eigenvalue weighted by molar-refractivity contribution is -0.154. The van der Waals surface area contributed by atoms with E-state index in [0.29, 0.717) is 12.0 Å². The number of carbonyl (C=O) groups is 2. The third kappa shape index (κ3) is 5.18. The molecule has 0 amide bonds. The summed E-state index contributed by atoms with van der Waals surface area (Å²) in [6.45, 7) is 7.46. The van der Waals surface area contributed by atoms with Crippen LogP contribution in [0.4, 0.5) is 0 Å². The standard InChI is InChI=1S/C21H24O4/c1-14-7-5-6-8-16(14)18-13-15(9-11-17(18)20(23)24)10-12-19(22)25-21(2,3)4/h5-9,11,13H,10,12H2,1-4H3,(H,23,24). The fourth-order valence-corrected chi connectivity index (χ4v) is 2.67. The van der Waals surface area contributed by atoms with Gasteiger partial charge in [0.15, 0.2) is 0 Å². The van der Waals surface area contributed by atoms with Gasteiger partial charge in [0, 0.05) is 6.42 Å². The molecule has 0 saturated carbocycles. The first-order chi connectivity index (χ1) is 11.7. The number of carbonyl (C=O) groups excluding carboxylic acids is 1. The monoisotopic (exact) mass is 340 g/mol. The molecule has 0 aromatic heterocycles. The van der Waals surface area contributed by atoms with Gasteiger partial charge in [0.1, 0.15) is 5.60 Å². The summed E-state index contributed by atoms with van der Waals surface area (Å²) in [6, 6.07) is 12.9. The summed E-state index contributed by atoms with van der Waals surface area (Å²) in [5.74, 6) is -1.22. The zero-order valence-electron chi connectivity index (χ0n) is 15.1. The van der Waals surface area contributed by atoms with Gasteiger partial charge >= 0.3 is 11.9 Å². The Morgan fingerprint density at radius 3 is 2.32 bits per heavy atom. The predicted molar refractivity (Wildman–Crippen MR) is 97.7 cm³/mol. The first kappa shape index (κ1) is 18.7. The molecular weight excluding hydrogens is 316 g/mol. The van der Waals surface area contributed by atoms with Gasteiger partial charge in [0.25, 0.3) is 0 Å². The highest BCUT2D eigenvalue weighted by atomic mass is 16.6. The van der Waals surface area contributed by atoms with E-state index in [2.05, 4.69) is 0 Å². The smallest absolute Gasteiger partial charge is 0.336 e. The van der Waals surface area contributed by atoms with Crippen LogP contribution < -0.4 is 0 Å². The SMILES string of the molecule is Cc1ccccc1-c1cc(CCC(=O)OC(C)(C)C)ccc1C(=O)O. The molecule has 0 fully saturated rings. The Balaban J connectivity index is 2.28. The predicted octanol–water partition coefficient (Wildman–Crippen LogP) is 4.63. The Labute approximate surface area is 148 Å². The molecule has 0 aliphatic rings. The number of aryl methyl sites for hydroxylation is 2. The summed E-state index contributed by atoms with van der Waals surface area (Å²) < 4.78 is 5.32. The summed E-state index contributed by atoms with van der Waals surface area (Å²) >= 11 is 0. The maximum absolute atomic E-state index is 11.9. The first-order valence-electron chi connectivity index (χ1n) is 8.31. The highest BCUT2D eigenvalue weighted by molar-refractivity contribution is 5.96. The van der Waals surface area contributed by atoms with Gasteiger partial charge in [0.2, 0.25) is 0 Å². The van der Waals surface area contributed by atoms with Crippen molar-refractivity contribution in [2.24, 2.45) is 0 Å². The van der Waals surface area contributed by atoms with E-state index in [0.717, 1.165) is 16.7 Å². The summed E-state index contributed by atoms with van der Waals surface area (Å²) in [7, 11) is 0. The minimum atomic E-state index is -0.961. The van der Waals surface area contributed by atoms with Crippen LogP contribution in [0, 0.1) is 6.92 Å². The lowest BCUT2D eigenvalue weighted by Crippen LogP contribution is -2.24. The number of aromatic carboxylic acids is 1. The van der Waals surface area contributed by atoms with Crippen LogP contribution in [0.2, 0.25) is 0 Å². The van der Waals surface area contributed by atoms with Gasteiger partial charge < -0.3 is 9.84 Å². The quantitative estimate of drug-likeness (QED) is 0.806. The van der Waals surface area contributed by atoms with Crippen LogP contribution in [0.3, 0.4) is 0 Å². The topological polar surface area (TPSA) is 63.6 Å². The molecule has 0 saturated heterocycles. The number of carboxylic acid groups (broad SMARTS) is 1. The van der Waals surface area contributed by atoms with Crippen LogP contribution in [0.5, 0.6) is 0 Å². The van der Waals surface area contributed by atoms with Crippen molar-refractivity contribution >= 4 is 11.9 Å². The second-order valence-corrected chi connectivity index (χ2v) is 7.09. The Hall–Kier alpha value is -2.62. The lowest BCUT2D eigenvalue weighted by Gasteiger charge is -2.19. The molecule has 0 aliphatic carbocycles. The average molecular weight is 340 g/mol. The highest BCUT2D eigenvalue weighted by Gasteiger charge is 2.17. The summed E-state index contributed by atoms with van der Waals surface area (Å²) in [5.41, 5.74) is 3.24. The molecule has 0 bridgehead atoms. The second-order valence-electron chi connectivity index (χ2n) is 7.09. The molecule has 0 radical (unpaired) electrons. The Morgan fingerprint density at radius 2 is 1.72 bits per heavy atom. The minimum Gasteiger partial charge on any atom is -0.478 e. The maximum Gasteiger partial charge on any atom is 0.336 e. The molecule has 2 rings (SSSR count). The van der Waals surface area contributed by atoms with E-state index in [1.54, 1.807) is 12.1 Å². The summed E-state index contributed by atoms with van der Waals surface area (Å²) in [6.07, 6.45) is 0.768. The van der Waals surface area contributed by atoms with E-state index in [1.165, 1.54) is 0 Å². The molecule has 2 aromatic carbocycles. The first-order valence-corrected chi connectivity index (χ1v) is 8.31. The number of hydrogen-bond acceptors (Lipinski definition) is 3. The normalized spacial score (nSPS) is 11.2. The van der Waals surface area contributed by atoms with E-state index in [1.807, 2.05) is 58.0 Å². The molecular formula is C21H24O4. The van der Waals surface area contributed by atoms with Gasteiger partial charge in [-0.15, -0.1) is 0 Å². The molecule has 0 unspecified atom stereocenters. The van der Waals surface area contributed by atoms with Crippen molar-refractivity contribution in [3.63, 3.8) is 0 Å². The van der Waals surface area contributed by atoms with Crippen molar-refractivity contribution in [1.29, 1.82) is 0 Å². The molecule has 1 N–H and O–H groups in total. The third-order valence-corrected chi connectivity index (χ3v) is 3.79. The zero-order valence-corrected chi connectivity index (χ0v) is 15.1. The number of hydrogen-bond donors (Lipinski definition) is 1. The molecule has 0 atom stereocenters. The van der Waals surface area contributed by atoms with E-state index >= 15 is 0 Å². The zero-order chi connectivity index (χ0) is 18.6. The van der Waals surface area contributed by atoms with E-state index in [9.17, 15) is 14.7 Å². The largest absolute Gasteiger partial charge is 0.478 e. The van der Waals surface area contributed by atoms with E-state index < -0.39 is 11.6 Å². The number of esters is 1. The van der Waals surface area contributed by atoms with Crippen LogP contribution in [0.15, 0.2) is 42.5 Å². The number of ether oxygens (including phenoxy) is 1.